The van der Waals surface area contributed by atoms with Gasteiger partial charge in [-0.2, -0.15) is 19.7 Å². The molecule has 1 saturated heterocycles. The van der Waals surface area contributed by atoms with Gasteiger partial charge < -0.3 is 15.3 Å². The van der Waals surface area contributed by atoms with Gasteiger partial charge in [-0.1, -0.05) is 0 Å². The predicted octanol–water partition coefficient (Wildman–Crippen LogP) is 1.85. The van der Waals surface area contributed by atoms with E-state index >= 15 is 0 Å². The molecule has 3 aromatic heterocycles. The Morgan fingerprint density at radius 1 is 1.16 bits per heavy atom. The number of piperidine rings is 1. The van der Waals surface area contributed by atoms with Crippen molar-refractivity contribution in [2.24, 2.45) is 0 Å². The van der Waals surface area contributed by atoms with Gasteiger partial charge in [-0.25, -0.2) is 9.67 Å². The number of aliphatic hydroxyl groups is 1. The van der Waals surface area contributed by atoms with Gasteiger partial charge in [0.15, 0.2) is 0 Å². The van der Waals surface area contributed by atoms with Crippen molar-refractivity contribution >= 4 is 17.4 Å². The molecule has 1 aliphatic carbocycles. The molecule has 0 radical (unpaired) electrons. The first-order chi connectivity index (χ1) is 15.5. The van der Waals surface area contributed by atoms with E-state index in [0.29, 0.717) is 12.3 Å². The number of fused-ring (bicyclic) bond motifs is 1. The third-order valence-electron chi connectivity index (χ3n) is 6.90. The molecule has 10 heteroatoms. The molecule has 2 N–H and O–H groups in total. The zero-order valence-corrected chi connectivity index (χ0v) is 18.6. The fraction of sp³-hybridized carbons (Fsp3) is 0.591. The van der Waals surface area contributed by atoms with Crippen molar-refractivity contribution in [3.63, 3.8) is 0 Å². The van der Waals surface area contributed by atoms with Crippen molar-refractivity contribution < 1.29 is 5.11 Å². The van der Waals surface area contributed by atoms with Gasteiger partial charge in [-0.15, -0.1) is 0 Å². The fourth-order valence-corrected chi connectivity index (χ4v) is 4.98. The second-order valence-corrected chi connectivity index (χ2v) is 8.91. The van der Waals surface area contributed by atoms with Crippen LogP contribution in [0.5, 0.6) is 0 Å². The lowest BCUT2D eigenvalue weighted by molar-refractivity contribution is 0.127. The molecule has 10 nitrogen and oxygen atoms in total. The van der Waals surface area contributed by atoms with Crippen molar-refractivity contribution in [3.8, 4) is 0 Å². The largest absolute Gasteiger partial charge is 0.391 e. The van der Waals surface area contributed by atoms with E-state index in [9.17, 15) is 9.90 Å². The maximum atomic E-state index is 12.5. The van der Waals surface area contributed by atoms with Gasteiger partial charge in [0.2, 0.25) is 0 Å². The van der Waals surface area contributed by atoms with Crippen LogP contribution in [0.3, 0.4) is 0 Å². The summed E-state index contributed by atoms with van der Waals surface area (Å²) >= 11 is 0. The summed E-state index contributed by atoms with van der Waals surface area (Å²) in [6.07, 6.45) is 6.71. The second-order valence-electron chi connectivity index (χ2n) is 8.91. The standard InChI is InChI=1S/C22H30N8O2/c1-14-15(2)26-22-24-13-25-30(22)21(14)23-12-16-6-3-4-11-28(16)19-9-10-20(32)29(27-19)17-7-5-8-18(17)31/h9-10,13,16-18,23,31H,3-8,11-12H2,1-2H3. The van der Waals surface area contributed by atoms with Crippen LogP contribution in [-0.2, 0) is 0 Å². The molecule has 4 heterocycles. The zero-order chi connectivity index (χ0) is 22.2. The zero-order valence-electron chi connectivity index (χ0n) is 18.6. The molecule has 1 saturated carbocycles. The first kappa shape index (κ1) is 20.9. The van der Waals surface area contributed by atoms with Crippen LogP contribution in [-0.4, -0.2) is 59.7 Å². The van der Waals surface area contributed by atoms with E-state index in [0.717, 1.165) is 68.0 Å². The number of rotatable bonds is 5. The fourth-order valence-electron chi connectivity index (χ4n) is 4.98. The summed E-state index contributed by atoms with van der Waals surface area (Å²) in [6, 6.07) is 3.39. The van der Waals surface area contributed by atoms with Crippen LogP contribution in [0.15, 0.2) is 23.3 Å². The Labute approximate surface area is 186 Å². The number of hydrogen-bond donors (Lipinski definition) is 2. The van der Waals surface area contributed by atoms with Crippen molar-refractivity contribution in [3.05, 3.63) is 40.1 Å². The Hall–Kier alpha value is -3.01. The molecule has 0 bridgehead atoms. The van der Waals surface area contributed by atoms with Gasteiger partial charge in [0.05, 0.1) is 12.1 Å². The van der Waals surface area contributed by atoms with Gasteiger partial charge in [0, 0.05) is 36.5 Å². The molecule has 3 aromatic rings. The summed E-state index contributed by atoms with van der Waals surface area (Å²) in [7, 11) is 0. The lowest BCUT2D eigenvalue weighted by atomic mass is 10.0. The SMILES string of the molecule is Cc1nc2ncnn2c(NCC2CCCCN2c2ccc(=O)n(C3CCCC3O)n2)c1C. The summed E-state index contributed by atoms with van der Waals surface area (Å²) in [4.78, 5) is 23.5. The van der Waals surface area contributed by atoms with Crippen molar-refractivity contribution in [2.75, 3.05) is 23.3 Å². The minimum Gasteiger partial charge on any atom is -0.391 e. The first-order valence-corrected chi connectivity index (χ1v) is 11.5. The van der Waals surface area contributed by atoms with Crippen molar-refractivity contribution in [1.29, 1.82) is 0 Å². The number of anilines is 2. The maximum Gasteiger partial charge on any atom is 0.267 e. The summed E-state index contributed by atoms with van der Waals surface area (Å²) < 4.78 is 3.25. The smallest absolute Gasteiger partial charge is 0.267 e. The third-order valence-corrected chi connectivity index (χ3v) is 6.90. The van der Waals surface area contributed by atoms with Crippen LogP contribution < -0.4 is 15.8 Å². The minimum absolute atomic E-state index is 0.150. The van der Waals surface area contributed by atoms with E-state index in [1.807, 2.05) is 19.9 Å². The summed E-state index contributed by atoms with van der Waals surface area (Å²) in [5.74, 6) is 2.28. The van der Waals surface area contributed by atoms with E-state index in [4.69, 9.17) is 5.10 Å². The summed E-state index contributed by atoms with van der Waals surface area (Å²) in [5.41, 5.74) is 1.83. The molecule has 3 atom stereocenters. The Kier molecular flexibility index (Phi) is 5.54. The van der Waals surface area contributed by atoms with Crippen LogP contribution in [0.2, 0.25) is 0 Å². The number of nitrogens with zero attached hydrogens (tertiary/aromatic N) is 7. The van der Waals surface area contributed by atoms with E-state index in [-0.39, 0.29) is 17.6 Å². The van der Waals surface area contributed by atoms with Gasteiger partial charge in [0.25, 0.3) is 11.3 Å². The van der Waals surface area contributed by atoms with Gasteiger partial charge >= 0.3 is 0 Å². The molecule has 170 valence electrons. The topological polar surface area (TPSA) is 113 Å². The molecule has 1 aliphatic heterocycles. The normalized spacial score (nSPS) is 23.7. The second kappa shape index (κ2) is 8.50. The highest BCUT2D eigenvalue weighted by molar-refractivity contribution is 5.52. The van der Waals surface area contributed by atoms with Crippen LogP contribution in [0.4, 0.5) is 11.6 Å². The Balaban J connectivity index is 1.40. The highest BCUT2D eigenvalue weighted by Crippen LogP contribution is 2.30. The van der Waals surface area contributed by atoms with Crippen molar-refractivity contribution in [2.45, 2.75) is 70.6 Å². The lowest BCUT2D eigenvalue weighted by Crippen LogP contribution is -2.45. The van der Waals surface area contributed by atoms with Gasteiger partial charge in [-0.3, -0.25) is 4.79 Å². The van der Waals surface area contributed by atoms with Gasteiger partial charge in [0.1, 0.15) is 18.0 Å². The molecular formula is C22H30N8O2. The molecule has 0 amide bonds. The Morgan fingerprint density at radius 3 is 2.84 bits per heavy atom. The molecule has 32 heavy (non-hydrogen) atoms. The molecule has 3 unspecified atom stereocenters. The number of aliphatic hydroxyl groups excluding tert-OH is 1. The highest BCUT2D eigenvalue weighted by Gasteiger charge is 2.30. The van der Waals surface area contributed by atoms with E-state index in [1.54, 1.807) is 10.6 Å². The number of aromatic nitrogens is 6. The summed E-state index contributed by atoms with van der Waals surface area (Å²) in [6.45, 7) is 5.62. The predicted molar refractivity (Wildman–Crippen MR) is 121 cm³/mol. The first-order valence-electron chi connectivity index (χ1n) is 11.5. The van der Waals surface area contributed by atoms with Crippen LogP contribution in [0.25, 0.3) is 5.78 Å². The average Bonchev–Trinajstić information content (AvgIpc) is 3.43. The lowest BCUT2D eigenvalue weighted by Gasteiger charge is -2.37. The molecule has 0 spiro atoms. The minimum atomic E-state index is -0.503. The Morgan fingerprint density at radius 2 is 2.03 bits per heavy atom. The highest BCUT2D eigenvalue weighted by atomic mass is 16.3. The maximum absolute atomic E-state index is 12.5. The molecule has 5 rings (SSSR count). The molecular weight excluding hydrogens is 408 g/mol. The van der Waals surface area contributed by atoms with E-state index < -0.39 is 6.10 Å². The average molecular weight is 439 g/mol. The molecule has 2 aliphatic rings. The number of nitrogens with one attached hydrogen (secondary N) is 1. The molecule has 0 aromatic carbocycles. The van der Waals surface area contributed by atoms with Gasteiger partial charge in [-0.05, 0) is 58.4 Å². The van der Waals surface area contributed by atoms with Crippen molar-refractivity contribution in [1.82, 2.24) is 29.4 Å². The van der Waals surface area contributed by atoms with E-state index in [2.05, 4.69) is 25.3 Å². The molecule has 2 fully saturated rings. The Bertz CT molecular complexity index is 1170. The monoisotopic (exact) mass is 438 g/mol. The van der Waals surface area contributed by atoms with Crippen LogP contribution in [0.1, 0.15) is 55.8 Å². The summed E-state index contributed by atoms with van der Waals surface area (Å²) in [5, 5.41) is 22.9. The quantitative estimate of drug-likeness (QED) is 0.621. The van der Waals surface area contributed by atoms with E-state index in [1.165, 1.54) is 11.0 Å². The van der Waals surface area contributed by atoms with Crippen LogP contribution >= 0.6 is 0 Å². The van der Waals surface area contributed by atoms with Crippen LogP contribution in [0, 0.1) is 13.8 Å². The number of aryl methyl sites for hydroxylation is 1. The number of hydrogen-bond acceptors (Lipinski definition) is 8. The third kappa shape index (κ3) is 3.72.